The van der Waals surface area contributed by atoms with E-state index < -0.39 is 10.0 Å². The summed E-state index contributed by atoms with van der Waals surface area (Å²) in [4.78, 5) is 20.4. The molecule has 0 aliphatic rings. The van der Waals surface area contributed by atoms with Gasteiger partial charge in [-0.05, 0) is 62.6 Å². The molecule has 2 aromatic heterocycles. The quantitative estimate of drug-likeness (QED) is 0.214. The molecule has 4 rings (SSSR count). The van der Waals surface area contributed by atoms with E-state index in [-0.39, 0.29) is 22.8 Å². The number of nitrogens with one attached hydrogen (secondary N) is 2. The minimum atomic E-state index is -3.90. The van der Waals surface area contributed by atoms with Crippen LogP contribution in [0.15, 0.2) is 46.1 Å². The summed E-state index contributed by atoms with van der Waals surface area (Å²) in [5, 5.41) is 5.65. The Morgan fingerprint density at radius 1 is 1.08 bits per heavy atom. The summed E-state index contributed by atoms with van der Waals surface area (Å²) < 4.78 is 36.3. The van der Waals surface area contributed by atoms with Crippen LogP contribution in [0, 0.1) is 6.92 Å². The maximum Gasteiger partial charge on any atom is 0.277 e. The fraction of sp³-hybridized carbons (Fsp3) is 0.370. The zero-order valence-corrected chi connectivity index (χ0v) is 24.4. The second-order valence-electron chi connectivity index (χ2n) is 9.11. The van der Waals surface area contributed by atoms with Crippen molar-refractivity contribution >= 4 is 38.7 Å². The van der Waals surface area contributed by atoms with Crippen LogP contribution in [0.3, 0.4) is 0 Å². The summed E-state index contributed by atoms with van der Waals surface area (Å²) in [6.45, 7) is 6.19. The summed E-state index contributed by atoms with van der Waals surface area (Å²) in [6, 6.07) is 9.56. The van der Waals surface area contributed by atoms with Gasteiger partial charge in [0.1, 0.15) is 11.6 Å². The molecular formula is C27H31Cl2N5O4S. The number of aromatic amines is 1. The van der Waals surface area contributed by atoms with Gasteiger partial charge in [0.2, 0.25) is 10.0 Å². The highest BCUT2D eigenvalue weighted by molar-refractivity contribution is 7.89. The Bertz CT molecular complexity index is 1650. The van der Waals surface area contributed by atoms with Gasteiger partial charge >= 0.3 is 0 Å². The van der Waals surface area contributed by atoms with Gasteiger partial charge in [-0.15, -0.1) is 5.10 Å². The third-order valence-electron chi connectivity index (χ3n) is 6.26. The Labute approximate surface area is 237 Å². The minimum absolute atomic E-state index is 0.0101. The smallest absolute Gasteiger partial charge is 0.277 e. The van der Waals surface area contributed by atoms with Crippen molar-refractivity contribution in [2.45, 2.75) is 57.8 Å². The van der Waals surface area contributed by atoms with E-state index in [0.717, 1.165) is 24.8 Å². The van der Waals surface area contributed by atoms with Crippen LogP contribution >= 0.6 is 23.2 Å². The number of rotatable bonds is 12. The number of H-pyrrole nitrogens is 1. The first kappa shape index (κ1) is 29.1. The standard InChI is InChI=1S/C27H31Cl2N5O4S/c1-4-6-7-8-24-31-17(3)25-27(35)32-26(33-34(24)25)21-16-20(11-12-23(21)38-5-2)39(36,37)30-14-13-18-9-10-19(28)15-22(18)29/h9-12,15-16,30H,4-8,13-14H2,1-3H3,(H,32,33,35). The lowest BCUT2D eigenvalue weighted by molar-refractivity contribution is 0.341. The Balaban J connectivity index is 1.68. The minimum Gasteiger partial charge on any atom is -0.493 e. The lowest BCUT2D eigenvalue weighted by Crippen LogP contribution is -2.26. The zero-order chi connectivity index (χ0) is 28.2. The number of aromatic nitrogens is 4. The second kappa shape index (κ2) is 12.5. The first-order chi connectivity index (χ1) is 18.6. The van der Waals surface area contributed by atoms with Crippen molar-refractivity contribution < 1.29 is 13.2 Å². The Hall–Kier alpha value is -2.92. The molecule has 0 fully saturated rings. The first-order valence-corrected chi connectivity index (χ1v) is 15.1. The predicted octanol–water partition coefficient (Wildman–Crippen LogP) is 5.35. The van der Waals surface area contributed by atoms with Crippen molar-refractivity contribution in [2.24, 2.45) is 0 Å². The molecule has 208 valence electrons. The van der Waals surface area contributed by atoms with E-state index in [1.165, 1.54) is 12.1 Å². The van der Waals surface area contributed by atoms with Crippen LogP contribution in [-0.4, -0.2) is 41.2 Å². The topological polar surface area (TPSA) is 118 Å². The predicted molar refractivity (Wildman–Crippen MR) is 154 cm³/mol. The van der Waals surface area contributed by atoms with Crippen LogP contribution < -0.4 is 15.0 Å². The molecule has 0 amide bonds. The van der Waals surface area contributed by atoms with Crippen molar-refractivity contribution in [2.75, 3.05) is 13.2 Å². The molecule has 0 aliphatic heterocycles. The van der Waals surface area contributed by atoms with Crippen molar-refractivity contribution in [1.29, 1.82) is 0 Å². The number of benzene rings is 2. The number of halogens is 2. The number of sulfonamides is 1. The van der Waals surface area contributed by atoms with Crippen molar-refractivity contribution in [1.82, 2.24) is 24.3 Å². The van der Waals surface area contributed by atoms with E-state index in [1.54, 1.807) is 35.7 Å². The molecule has 0 atom stereocenters. The highest BCUT2D eigenvalue weighted by Gasteiger charge is 2.21. The summed E-state index contributed by atoms with van der Waals surface area (Å²) in [7, 11) is -3.90. The van der Waals surface area contributed by atoms with Crippen LogP contribution in [0.5, 0.6) is 5.75 Å². The van der Waals surface area contributed by atoms with Crippen LogP contribution in [0.2, 0.25) is 10.0 Å². The Morgan fingerprint density at radius 2 is 1.87 bits per heavy atom. The molecule has 0 saturated carbocycles. The van der Waals surface area contributed by atoms with Crippen LogP contribution in [0.25, 0.3) is 16.9 Å². The number of hydrogen-bond acceptors (Lipinski definition) is 6. The highest BCUT2D eigenvalue weighted by atomic mass is 35.5. The number of hydrogen-bond donors (Lipinski definition) is 2. The van der Waals surface area contributed by atoms with E-state index in [1.807, 2.05) is 6.92 Å². The molecule has 2 N–H and O–H groups in total. The normalized spacial score (nSPS) is 11.8. The van der Waals surface area contributed by atoms with Gasteiger partial charge in [0.15, 0.2) is 11.3 Å². The van der Waals surface area contributed by atoms with Gasteiger partial charge < -0.3 is 9.72 Å². The van der Waals surface area contributed by atoms with Gasteiger partial charge in [-0.25, -0.2) is 22.6 Å². The third kappa shape index (κ3) is 6.63. The van der Waals surface area contributed by atoms with Gasteiger partial charge in [-0.1, -0.05) is 49.0 Å². The summed E-state index contributed by atoms with van der Waals surface area (Å²) in [6.07, 6.45) is 4.07. The summed E-state index contributed by atoms with van der Waals surface area (Å²) >= 11 is 12.2. The fourth-order valence-electron chi connectivity index (χ4n) is 4.32. The molecule has 9 nitrogen and oxygen atoms in total. The average molecular weight is 593 g/mol. The van der Waals surface area contributed by atoms with E-state index in [9.17, 15) is 13.2 Å². The Morgan fingerprint density at radius 3 is 2.59 bits per heavy atom. The molecule has 0 aliphatic carbocycles. The molecular weight excluding hydrogens is 561 g/mol. The van der Waals surface area contributed by atoms with Gasteiger partial charge in [0.25, 0.3) is 5.56 Å². The third-order valence-corrected chi connectivity index (χ3v) is 8.31. The molecule has 0 unspecified atom stereocenters. The molecule has 0 spiro atoms. The molecule has 4 aromatic rings. The number of aryl methyl sites for hydroxylation is 2. The Kier molecular flexibility index (Phi) is 9.32. The number of fused-ring (bicyclic) bond motifs is 1. The van der Waals surface area contributed by atoms with Crippen molar-refractivity contribution in [3.63, 3.8) is 0 Å². The lowest BCUT2D eigenvalue weighted by atomic mass is 10.1. The molecule has 0 saturated heterocycles. The SMILES string of the molecule is CCCCCc1nc(C)c2c(=O)[nH]c(-c3cc(S(=O)(=O)NCCc4ccc(Cl)cc4Cl)ccc3OCC)nn12. The second-order valence-corrected chi connectivity index (χ2v) is 11.7. The summed E-state index contributed by atoms with van der Waals surface area (Å²) in [5.41, 5.74) is 1.73. The average Bonchev–Trinajstić information content (AvgIpc) is 3.21. The van der Waals surface area contributed by atoms with Crippen molar-refractivity contribution in [3.05, 3.63) is 73.9 Å². The number of unbranched alkanes of at least 4 members (excludes halogenated alkanes) is 2. The van der Waals surface area contributed by atoms with Crippen molar-refractivity contribution in [3.8, 4) is 17.1 Å². The molecule has 0 bridgehead atoms. The monoisotopic (exact) mass is 591 g/mol. The number of imidazole rings is 1. The van der Waals surface area contributed by atoms with E-state index >= 15 is 0 Å². The summed E-state index contributed by atoms with van der Waals surface area (Å²) in [5.74, 6) is 1.28. The van der Waals surface area contributed by atoms with E-state index in [4.69, 9.17) is 27.9 Å². The fourth-order valence-corrected chi connectivity index (χ4v) is 5.88. The van der Waals surface area contributed by atoms with E-state index in [2.05, 4.69) is 26.7 Å². The van der Waals surface area contributed by atoms with Crippen LogP contribution in [0.1, 0.15) is 50.2 Å². The number of nitrogens with zero attached hydrogens (tertiary/aromatic N) is 3. The maximum atomic E-state index is 13.2. The maximum absolute atomic E-state index is 13.2. The van der Waals surface area contributed by atoms with Crippen LogP contribution in [-0.2, 0) is 22.9 Å². The van der Waals surface area contributed by atoms with Gasteiger partial charge in [0.05, 0.1) is 22.8 Å². The van der Waals surface area contributed by atoms with Gasteiger partial charge in [0, 0.05) is 23.0 Å². The molecule has 0 radical (unpaired) electrons. The molecule has 2 aromatic carbocycles. The molecule has 39 heavy (non-hydrogen) atoms. The van der Waals surface area contributed by atoms with Crippen LogP contribution in [0.4, 0.5) is 0 Å². The van der Waals surface area contributed by atoms with Gasteiger partial charge in [-0.3, -0.25) is 4.79 Å². The zero-order valence-electron chi connectivity index (χ0n) is 22.1. The van der Waals surface area contributed by atoms with Gasteiger partial charge in [-0.2, -0.15) is 0 Å². The lowest BCUT2D eigenvalue weighted by Gasteiger charge is -2.13. The highest BCUT2D eigenvalue weighted by Crippen LogP contribution is 2.30. The largest absolute Gasteiger partial charge is 0.493 e. The number of ether oxygens (including phenoxy) is 1. The van der Waals surface area contributed by atoms with E-state index in [0.29, 0.717) is 57.8 Å². The first-order valence-electron chi connectivity index (χ1n) is 12.8. The molecule has 12 heteroatoms. The molecule has 2 heterocycles.